The molecule has 0 unspecified atom stereocenters. The van der Waals surface area contributed by atoms with Gasteiger partial charge in [0.2, 0.25) is 5.91 Å². The molecule has 3 rings (SSSR count). The summed E-state index contributed by atoms with van der Waals surface area (Å²) in [4.78, 5) is 16.8. The van der Waals surface area contributed by atoms with Gasteiger partial charge in [0.15, 0.2) is 5.13 Å². The van der Waals surface area contributed by atoms with E-state index in [9.17, 15) is 4.79 Å². The van der Waals surface area contributed by atoms with E-state index in [2.05, 4.69) is 15.5 Å². The Morgan fingerprint density at radius 2 is 2.08 bits per heavy atom. The van der Waals surface area contributed by atoms with Crippen LogP contribution in [0.2, 0.25) is 0 Å². The SMILES string of the molecule is COc1ccc(OC)c(-c2csc(NC(=O)Cc3c(C)noc3C)n2)c1. The van der Waals surface area contributed by atoms with Crippen molar-refractivity contribution >= 4 is 22.4 Å². The average molecular weight is 373 g/mol. The smallest absolute Gasteiger partial charge is 0.230 e. The Balaban J connectivity index is 1.77. The molecule has 0 radical (unpaired) electrons. The molecule has 1 aromatic carbocycles. The third-order valence-electron chi connectivity index (χ3n) is 3.95. The number of nitrogens with zero attached hydrogens (tertiary/aromatic N) is 2. The molecule has 0 aliphatic heterocycles. The van der Waals surface area contributed by atoms with E-state index in [0.717, 1.165) is 16.8 Å². The van der Waals surface area contributed by atoms with Gasteiger partial charge in [-0.25, -0.2) is 4.98 Å². The summed E-state index contributed by atoms with van der Waals surface area (Å²) in [5.74, 6) is 1.87. The van der Waals surface area contributed by atoms with Crippen molar-refractivity contribution in [2.75, 3.05) is 19.5 Å². The number of hydrogen-bond donors (Lipinski definition) is 1. The molecule has 1 N–H and O–H groups in total. The third-order valence-corrected chi connectivity index (χ3v) is 4.71. The molecule has 8 heteroatoms. The highest BCUT2D eigenvalue weighted by atomic mass is 32.1. The topological polar surface area (TPSA) is 86.5 Å². The van der Waals surface area contributed by atoms with Crippen molar-refractivity contribution in [2.24, 2.45) is 0 Å². The minimum atomic E-state index is -0.169. The summed E-state index contributed by atoms with van der Waals surface area (Å²) in [6.45, 7) is 3.61. The highest BCUT2D eigenvalue weighted by molar-refractivity contribution is 7.14. The first-order valence-corrected chi connectivity index (χ1v) is 8.79. The molecule has 26 heavy (non-hydrogen) atoms. The van der Waals surface area contributed by atoms with Gasteiger partial charge in [0, 0.05) is 16.5 Å². The lowest BCUT2D eigenvalue weighted by Crippen LogP contribution is -2.15. The number of carbonyl (C=O) groups is 1. The minimum absolute atomic E-state index is 0.169. The maximum atomic E-state index is 12.3. The molecular weight excluding hydrogens is 354 g/mol. The average Bonchev–Trinajstić information content (AvgIpc) is 3.23. The van der Waals surface area contributed by atoms with Crippen LogP contribution in [0.1, 0.15) is 17.0 Å². The first kappa shape index (κ1) is 17.9. The fraction of sp³-hybridized carbons (Fsp3) is 0.278. The van der Waals surface area contributed by atoms with Crippen LogP contribution in [-0.4, -0.2) is 30.3 Å². The van der Waals surface area contributed by atoms with E-state index >= 15 is 0 Å². The number of aryl methyl sites for hydroxylation is 2. The molecule has 3 aromatic rings. The highest BCUT2D eigenvalue weighted by Gasteiger charge is 2.16. The lowest BCUT2D eigenvalue weighted by molar-refractivity contribution is -0.115. The number of ether oxygens (including phenoxy) is 2. The molecule has 0 fully saturated rings. The highest BCUT2D eigenvalue weighted by Crippen LogP contribution is 2.35. The van der Waals surface area contributed by atoms with Crippen molar-refractivity contribution in [1.29, 1.82) is 0 Å². The molecular formula is C18H19N3O4S. The van der Waals surface area contributed by atoms with Crippen molar-refractivity contribution in [3.63, 3.8) is 0 Å². The van der Waals surface area contributed by atoms with Gasteiger partial charge in [0.25, 0.3) is 0 Å². The molecule has 0 saturated carbocycles. The summed E-state index contributed by atoms with van der Waals surface area (Å²) in [7, 11) is 3.21. The molecule has 0 aliphatic rings. The Morgan fingerprint density at radius 3 is 2.73 bits per heavy atom. The summed E-state index contributed by atoms with van der Waals surface area (Å²) in [5, 5.41) is 9.06. The van der Waals surface area contributed by atoms with Crippen LogP contribution in [0.5, 0.6) is 11.5 Å². The zero-order chi connectivity index (χ0) is 18.7. The van der Waals surface area contributed by atoms with E-state index in [0.29, 0.717) is 28.1 Å². The van der Waals surface area contributed by atoms with Gasteiger partial charge in [-0.15, -0.1) is 11.3 Å². The van der Waals surface area contributed by atoms with Crippen LogP contribution < -0.4 is 14.8 Å². The second kappa shape index (κ2) is 7.57. The summed E-state index contributed by atoms with van der Waals surface area (Å²) in [5.41, 5.74) is 3.03. The Hall–Kier alpha value is -2.87. The van der Waals surface area contributed by atoms with Crippen LogP contribution >= 0.6 is 11.3 Å². The Labute approximate surface area is 154 Å². The molecule has 1 amide bonds. The summed E-state index contributed by atoms with van der Waals surface area (Å²) in [6.07, 6.45) is 0.193. The quantitative estimate of drug-likeness (QED) is 0.710. The molecule has 2 aromatic heterocycles. The molecule has 7 nitrogen and oxygen atoms in total. The molecule has 2 heterocycles. The number of aromatic nitrogens is 2. The van der Waals surface area contributed by atoms with Gasteiger partial charge in [0.1, 0.15) is 17.3 Å². The number of nitrogens with one attached hydrogen (secondary N) is 1. The standard InChI is InChI=1S/C18H19N3O4S/c1-10-13(11(2)25-21-10)8-17(22)20-18-19-15(9-26-18)14-7-12(23-3)5-6-16(14)24-4/h5-7,9H,8H2,1-4H3,(H,19,20,22). The van der Waals surface area contributed by atoms with Crippen molar-refractivity contribution in [2.45, 2.75) is 20.3 Å². The van der Waals surface area contributed by atoms with Gasteiger partial charge in [0.05, 0.1) is 32.0 Å². The largest absolute Gasteiger partial charge is 0.497 e. The van der Waals surface area contributed by atoms with Crippen molar-refractivity contribution in [3.8, 4) is 22.8 Å². The monoisotopic (exact) mass is 373 g/mol. The Morgan fingerprint density at radius 1 is 1.27 bits per heavy atom. The van der Waals surface area contributed by atoms with Crippen LogP contribution in [0.3, 0.4) is 0 Å². The lowest BCUT2D eigenvalue weighted by atomic mass is 10.1. The fourth-order valence-corrected chi connectivity index (χ4v) is 3.27. The van der Waals surface area contributed by atoms with Crippen LogP contribution in [0.4, 0.5) is 5.13 Å². The number of hydrogen-bond acceptors (Lipinski definition) is 7. The zero-order valence-electron chi connectivity index (χ0n) is 15.0. The third kappa shape index (κ3) is 3.70. The van der Waals surface area contributed by atoms with E-state index in [1.54, 1.807) is 21.1 Å². The number of methoxy groups -OCH3 is 2. The van der Waals surface area contributed by atoms with Crippen molar-refractivity contribution in [1.82, 2.24) is 10.1 Å². The van der Waals surface area contributed by atoms with Gasteiger partial charge >= 0.3 is 0 Å². The number of benzene rings is 1. The molecule has 0 saturated heterocycles. The normalized spacial score (nSPS) is 10.6. The van der Waals surface area contributed by atoms with Crippen LogP contribution in [0.15, 0.2) is 28.1 Å². The molecule has 0 spiro atoms. The fourth-order valence-electron chi connectivity index (χ4n) is 2.55. The zero-order valence-corrected chi connectivity index (χ0v) is 15.8. The number of anilines is 1. The first-order chi connectivity index (χ1) is 12.5. The number of thiazole rings is 1. The van der Waals surface area contributed by atoms with Gasteiger partial charge in [-0.3, -0.25) is 4.79 Å². The number of carbonyl (C=O) groups excluding carboxylic acids is 1. The maximum absolute atomic E-state index is 12.3. The molecule has 136 valence electrons. The lowest BCUT2D eigenvalue weighted by Gasteiger charge is -2.08. The van der Waals surface area contributed by atoms with E-state index < -0.39 is 0 Å². The van der Waals surface area contributed by atoms with Crippen molar-refractivity contribution in [3.05, 3.63) is 40.6 Å². The van der Waals surface area contributed by atoms with Gasteiger partial charge in [-0.1, -0.05) is 5.16 Å². The van der Waals surface area contributed by atoms with Crippen molar-refractivity contribution < 1.29 is 18.8 Å². The Kier molecular flexibility index (Phi) is 5.22. The molecule has 0 bridgehead atoms. The number of amides is 1. The van der Waals surface area contributed by atoms with Crippen LogP contribution in [0, 0.1) is 13.8 Å². The molecule has 0 aliphatic carbocycles. The summed E-state index contributed by atoms with van der Waals surface area (Å²) in [6, 6.07) is 5.49. The number of rotatable bonds is 6. The van der Waals surface area contributed by atoms with E-state index in [-0.39, 0.29) is 12.3 Å². The molecule has 0 atom stereocenters. The van der Waals surface area contributed by atoms with E-state index in [1.165, 1.54) is 11.3 Å². The van der Waals surface area contributed by atoms with Gasteiger partial charge < -0.3 is 19.3 Å². The van der Waals surface area contributed by atoms with Crippen LogP contribution in [0.25, 0.3) is 11.3 Å². The minimum Gasteiger partial charge on any atom is -0.497 e. The second-order valence-electron chi connectivity index (χ2n) is 5.63. The maximum Gasteiger partial charge on any atom is 0.230 e. The Bertz CT molecular complexity index is 913. The second-order valence-corrected chi connectivity index (χ2v) is 6.49. The van der Waals surface area contributed by atoms with Gasteiger partial charge in [-0.05, 0) is 32.0 Å². The van der Waals surface area contributed by atoms with E-state index in [1.807, 2.05) is 30.5 Å². The first-order valence-electron chi connectivity index (χ1n) is 7.91. The predicted molar refractivity (Wildman–Crippen MR) is 99.0 cm³/mol. The summed E-state index contributed by atoms with van der Waals surface area (Å²) < 4.78 is 15.7. The van der Waals surface area contributed by atoms with Gasteiger partial charge in [-0.2, -0.15) is 0 Å². The summed E-state index contributed by atoms with van der Waals surface area (Å²) >= 11 is 1.35. The van der Waals surface area contributed by atoms with Crippen LogP contribution in [-0.2, 0) is 11.2 Å². The predicted octanol–water partition coefficient (Wildman–Crippen LogP) is 3.61. The van der Waals surface area contributed by atoms with E-state index in [4.69, 9.17) is 14.0 Å².